The zero-order valence-corrected chi connectivity index (χ0v) is 13.4. The Morgan fingerprint density at radius 1 is 1.25 bits per heavy atom. The van der Waals surface area contributed by atoms with Crippen LogP contribution in [-0.4, -0.2) is 38.0 Å². The molecule has 1 aliphatic rings. The molecule has 20 heavy (non-hydrogen) atoms. The summed E-state index contributed by atoms with van der Waals surface area (Å²) in [5, 5.41) is 4.80. The number of methoxy groups -OCH3 is 1. The number of aryl methyl sites for hydroxylation is 1. The smallest absolute Gasteiger partial charge is 0.0954 e. The van der Waals surface area contributed by atoms with E-state index in [1.165, 1.54) is 28.4 Å². The highest BCUT2D eigenvalue weighted by Gasteiger charge is 2.21. The van der Waals surface area contributed by atoms with Gasteiger partial charge in [-0.3, -0.25) is 0 Å². The predicted octanol–water partition coefficient (Wildman–Crippen LogP) is 2.55. The van der Waals surface area contributed by atoms with Gasteiger partial charge in [-0.15, -0.1) is 11.3 Å². The Bertz CT molecular complexity index is 391. The van der Waals surface area contributed by atoms with E-state index in [0.29, 0.717) is 13.2 Å². The Morgan fingerprint density at radius 2 is 2.10 bits per heavy atom. The summed E-state index contributed by atoms with van der Waals surface area (Å²) in [7, 11) is 1.69. The van der Waals surface area contributed by atoms with Crippen LogP contribution in [0, 0.1) is 0 Å². The lowest BCUT2D eigenvalue weighted by molar-refractivity contribution is 0.0722. The molecule has 4 nitrogen and oxygen atoms in total. The van der Waals surface area contributed by atoms with Crippen molar-refractivity contribution < 1.29 is 9.47 Å². The second-order valence-electron chi connectivity index (χ2n) is 5.24. The highest BCUT2D eigenvalue weighted by molar-refractivity contribution is 7.11. The summed E-state index contributed by atoms with van der Waals surface area (Å²) in [5.74, 6) is 0. The number of thiazole rings is 1. The van der Waals surface area contributed by atoms with Crippen LogP contribution in [-0.2, 0) is 28.9 Å². The van der Waals surface area contributed by atoms with Gasteiger partial charge in [-0.25, -0.2) is 4.98 Å². The first-order valence-corrected chi connectivity index (χ1v) is 8.42. The average molecular weight is 298 g/mol. The van der Waals surface area contributed by atoms with E-state index in [1.807, 2.05) is 11.3 Å². The van der Waals surface area contributed by atoms with Crippen LogP contribution in [0.15, 0.2) is 0 Å². The van der Waals surface area contributed by atoms with Crippen molar-refractivity contribution in [3.63, 3.8) is 0 Å². The zero-order valence-electron chi connectivity index (χ0n) is 12.6. The summed E-state index contributed by atoms with van der Waals surface area (Å²) in [6, 6.07) is 0.757. The number of hydrogen-bond donors (Lipinski definition) is 1. The van der Waals surface area contributed by atoms with E-state index in [-0.39, 0.29) is 0 Å². The fourth-order valence-corrected chi connectivity index (χ4v) is 3.09. The van der Waals surface area contributed by atoms with Crippen molar-refractivity contribution in [2.24, 2.45) is 0 Å². The Labute approximate surface area is 125 Å². The minimum atomic E-state index is 0.662. The minimum Gasteiger partial charge on any atom is -0.382 e. The summed E-state index contributed by atoms with van der Waals surface area (Å²) >= 11 is 1.85. The largest absolute Gasteiger partial charge is 0.382 e. The molecule has 0 amide bonds. The monoisotopic (exact) mass is 298 g/mol. The first-order valence-electron chi connectivity index (χ1n) is 7.61. The molecule has 0 unspecified atom stereocenters. The molecule has 0 aromatic carbocycles. The van der Waals surface area contributed by atoms with E-state index in [0.717, 1.165) is 38.5 Å². The Balaban J connectivity index is 1.79. The van der Waals surface area contributed by atoms with Crippen molar-refractivity contribution in [3.05, 3.63) is 15.6 Å². The molecule has 2 rings (SSSR count). The van der Waals surface area contributed by atoms with Crippen LogP contribution in [0.4, 0.5) is 0 Å². The van der Waals surface area contributed by atoms with Gasteiger partial charge >= 0.3 is 0 Å². The summed E-state index contributed by atoms with van der Waals surface area (Å²) in [6.07, 6.45) is 5.82. The van der Waals surface area contributed by atoms with Crippen LogP contribution in [0.3, 0.4) is 0 Å². The van der Waals surface area contributed by atoms with E-state index < -0.39 is 0 Å². The standard InChI is InChI=1S/C15H26N2O2S/c1-3-4-13-14(11-16-12-5-6-12)20-15(17-13)7-8-19-10-9-18-2/h12,16H,3-11H2,1-2H3. The highest BCUT2D eigenvalue weighted by Crippen LogP contribution is 2.24. The first kappa shape index (κ1) is 15.9. The van der Waals surface area contributed by atoms with Gasteiger partial charge in [-0.2, -0.15) is 0 Å². The van der Waals surface area contributed by atoms with Crippen LogP contribution in [0.1, 0.15) is 41.8 Å². The molecule has 0 saturated heterocycles. The number of nitrogens with zero attached hydrogens (tertiary/aromatic N) is 1. The number of hydrogen-bond acceptors (Lipinski definition) is 5. The third-order valence-electron chi connectivity index (χ3n) is 3.33. The fraction of sp³-hybridized carbons (Fsp3) is 0.800. The molecular formula is C15H26N2O2S. The number of ether oxygens (including phenoxy) is 2. The maximum atomic E-state index is 5.52. The number of aromatic nitrogens is 1. The Hall–Kier alpha value is -0.490. The molecule has 1 aromatic rings. The third-order valence-corrected chi connectivity index (χ3v) is 4.49. The maximum absolute atomic E-state index is 5.52. The minimum absolute atomic E-state index is 0.662. The third kappa shape index (κ3) is 5.48. The molecular weight excluding hydrogens is 272 g/mol. The van der Waals surface area contributed by atoms with Crippen LogP contribution < -0.4 is 5.32 Å². The molecule has 114 valence electrons. The van der Waals surface area contributed by atoms with Crippen molar-refractivity contribution in [1.82, 2.24) is 10.3 Å². The van der Waals surface area contributed by atoms with E-state index in [9.17, 15) is 0 Å². The van der Waals surface area contributed by atoms with Crippen molar-refractivity contribution in [2.45, 2.75) is 51.6 Å². The van der Waals surface area contributed by atoms with Gasteiger partial charge < -0.3 is 14.8 Å². The van der Waals surface area contributed by atoms with Gasteiger partial charge in [-0.05, 0) is 19.3 Å². The van der Waals surface area contributed by atoms with E-state index in [2.05, 4.69) is 12.2 Å². The summed E-state index contributed by atoms with van der Waals surface area (Å²) in [6.45, 7) is 5.26. The van der Waals surface area contributed by atoms with Crippen LogP contribution in [0.25, 0.3) is 0 Å². The average Bonchev–Trinajstić information content (AvgIpc) is 3.20. The highest BCUT2D eigenvalue weighted by atomic mass is 32.1. The molecule has 1 fully saturated rings. The van der Waals surface area contributed by atoms with Gasteiger partial charge in [0.2, 0.25) is 0 Å². The van der Waals surface area contributed by atoms with Gasteiger partial charge in [0.25, 0.3) is 0 Å². The second kappa shape index (κ2) is 8.72. The predicted molar refractivity (Wildman–Crippen MR) is 82.4 cm³/mol. The van der Waals surface area contributed by atoms with Crippen LogP contribution in [0.5, 0.6) is 0 Å². The molecule has 0 atom stereocenters. The lowest BCUT2D eigenvalue weighted by atomic mass is 10.2. The van der Waals surface area contributed by atoms with Crippen LogP contribution >= 0.6 is 11.3 Å². The van der Waals surface area contributed by atoms with E-state index in [1.54, 1.807) is 7.11 Å². The number of rotatable bonds is 11. The molecule has 0 bridgehead atoms. The Morgan fingerprint density at radius 3 is 2.80 bits per heavy atom. The lowest BCUT2D eigenvalue weighted by Gasteiger charge is -2.01. The van der Waals surface area contributed by atoms with Crippen molar-refractivity contribution >= 4 is 11.3 Å². The van der Waals surface area contributed by atoms with Crippen molar-refractivity contribution in [1.29, 1.82) is 0 Å². The normalized spacial score (nSPS) is 14.9. The molecule has 0 radical (unpaired) electrons. The van der Waals surface area contributed by atoms with Gasteiger partial charge in [0.05, 0.1) is 30.5 Å². The van der Waals surface area contributed by atoms with Crippen molar-refractivity contribution in [3.8, 4) is 0 Å². The quantitative estimate of drug-likeness (QED) is 0.638. The van der Waals surface area contributed by atoms with Gasteiger partial charge in [0.1, 0.15) is 0 Å². The zero-order chi connectivity index (χ0) is 14.2. The van der Waals surface area contributed by atoms with Gasteiger partial charge in [0.15, 0.2) is 0 Å². The van der Waals surface area contributed by atoms with Gasteiger partial charge in [0, 0.05) is 31.0 Å². The summed E-state index contributed by atoms with van der Waals surface area (Å²) in [5.41, 5.74) is 1.29. The van der Waals surface area contributed by atoms with E-state index >= 15 is 0 Å². The SMILES string of the molecule is CCCc1nc(CCOCCOC)sc1CNC1CC1. The summed E-state index contributed by atoms with van der Waals surface area (Å²) < 4.78 is 10.5. The molecule has 1 N–H and O–H groups in total. The Kier molecular flexibility index (Phi) is 6.93. The lowest BCUT2D eigenvalue weighted by Crippen LogP contribution is -2.15. The topological polar surface area (TPSA) is 43.4 Å². The fourth-order valence-electron chi connectivity index (χ4n) is 2.04. The first-order chi connectivity index (χ1) is 9.83. The molecule has 0 aliphatic heterocycles. The molecule has 1 aliphatic carbocycles. The van der Waals surface area contributed by atoms with E-state index in [4.69, 9.17) is 14.5 Å². The molecule has 0 spiro atoms. The second-order valence-corrected chi connectivity index (χ2v) is 6.41. The van der Waals surface area contributed by atoms with Gasteiger partial charge in [-0.1, -0.05) is 13.3 Å². The molecule has 1 aromatic heterocycles. The maximum Gasteiger partial charge on any atom is 0.0954 e. The van der Waals surface area contributed by atoms with Crippen LogP contribution in [0.2, 0.25) is 0 Å². The summed E-state index contributed by atoms with van der Waals surface area (Å²) in [4.78, 5) is 6.21. The van der Waals surface area contributed by atoms with Crippen molar-refractivity contribution in [2.75, 3.05) is 26.9 Å². The molecule has 1 saturated carbocycles. The number of nitrogens with one attached hydrogen (secondary N) is 1. The molecule has 1 heterocycles. The molecule has 5 heteroatoms.